The number of carboxylic acid groups (broad SMARTS) is 1. The predicted octanol–water partition coefficient (Wildman–Crippen LogP) is 2.51. The van der Waals surface area contributed by atoms with Crippen LogP contribution in [-0.2, 0) is 15.1 Å². The van der Waals surface area contributed by atoms with E-state index in [-0.39, 0.29) is 17.6 Å². The van der Waals surface area contributed by atoms with Crippen LogP contribution in [0.2, 0.25) is 0 Å². The zero-order chi connectivity index (χ0) is 23.2. The molecule has 6 heteroatoms. The maximum absolute atomic E-state index is 12.9. The van der Waals surface area contributed by atoms with Crippen molar-refractivity contribution < 1.29 is 29.0 Å². The topological polar surface area (TPSA) is 86.7 Å². The van der Waals surface area contributed by atoms with E-state index in [2.05, 4.69) is 14.1 Å². The van der Waals surface area contributed by atoms with Crippen LogP contribution in [0, 0.1) is 5.92 Å². The SMILES string of the molecule is C[N+]1(C)CCC(OC(=O)C(O)(c2ccccc2)C2CCCC2)C1.O=C([O-])c1ccccc1. The third kappa shape index (κ3) is 5.75. The number of rotatable bonds is 5. The second kappa shape index (κ2) is 10.3. The molecule has 0 radical (unpaired) electrons. The Kier molecular flexibility index (Phi) is 7.69. The molecule has 1 saturated heterocycles. The normalized spacial score (nSPS) is 21.8. The van der Waals surface area contributed by atoms with Gasteiger partial charge in [0.25, 0.3) is 0 Å². The largest absolute Gasteiger partial charge is 0.545 e. The van der Waals surface area contributed by atoms with E-state index < -0.39 is 17.5 Å². The van der Waals surface area contributed by atoms with Gasteiger partial charge in [0.2, 0.25) is 0 Å². The number of nitrogens with zero attached hydrogens (tertiary/aromatic N) is 1. The molecule has 1 heterocycles. The summed E-state index contributed by atoms with van der Waals surface area (Å²) in [7, 11) is 4.29. The van der Waals surface area contributed by atoms with E-state index in [4.69, 9.17) is 4.74 Å². The van der Waals surface area contributed by atoms with Crippen molar-refractivity contribution in [3.05, 3.63) is 71.8 Å². The van der Waals surface area contributed by atoms with Gasteiger partial charge in [0.05, 0.1) is 26.6 Å². The Morgan fingerprint density at radius 2 is 1.53 bits per heavy atom. The Hall–Kier alpha value is -2.70. The van der Waals surface area contributed by atoms with Crippen LogP contribution < -0.4 is 5.11 Å². The number of esters is 1. The van der Waals surface area contributed by atoms with Gasteiger partial charge in [-0.3, -0.25) is 0 Å². The molecular weight excluding hydrogens is 406 g/mol. The Labute approximate surface area is 190 Å². The van der Waals surface area contributed by atoms with Crippen molar-refractivity contribution in [2.75, 3.05) is 27.2 Å². The molecule has 2 unspecified atom stereocenters. The van der Waals surface area contributed by atoms with Gasteiger partial charge >= 0.3 is 5.97 Å². The van der Waals surface area contributed by atoms with Gasteiger partial charge in [-0.25, -0.2) is 4.79 Å². The number of aliphatic hydroxyl groups is 1. The van der Waals surface area contributed by atoms with Gasteiger partial charge in [0.1, 0.15) is 6.54 Å². The van der Waals surface area contributed by atoms with Gasteiger partial charge in [0, 0.05) is 12.3 Å². The lowest BCUT2D eigenvalue weighted by Crippen LogP contribution is -2.46. The molecule has 2 aromatic carbocycles. The van der Waals surface area contributed by atoms with Crippen molar-refractivity contribution in [1.29, 1.82) is 0 Å². The molecule has 6 nitrogen and oxygen atoms in total. The molecule has 1 saturated carbocycles. The van der Waals surface area contributed by atoms with E-state index in [1.54, 1.807) is 18.2 Å². The van der Waals surface area contributed by atoms with Crippen LogP contribution in [0.4, 0.5) is 0 Å². The number of likely N-dealkylation sites (tertiary alicyclic amines) is 1. The molecule has 0 amide bonds. The molecule has 32 heavy (non-hydrogen) atoms. The fourth-order valence-electron chi connectivity index (χ4n) is 4.70. The first-order valence-corrected chi connectivity index (χ1v) is 11.3. The van der Waals surface area contributed by atoms with Crippen LogP contribution in [0.1, 0.15) is 48.0 Å². The first kappa shape index (κ1) is 24.0. The number of aromatic carboxylic acids is 1. The van der Waals surface area contributed by atoms with Gasteiger partial charge in [-0.2, -0.15) is 0 Å². The number of quaternary nitrogens is 1. The van der Waals surface area contributed by atoms with Crippen LogP contribution >= 0.6 is 0 Å². The van der Waals surface area contributed by atoms with E-state index >= 15 is 0 Å². The standard InChI is InChI=1S/C19H28NO3.C7H6O2/c1-20(2)13-12-17(14-20)23-18(21)19(22,16-10-6-7-11-16)15-8-4-3-5-9-15;8-7(9)6-4-2-1-3-5-6/h3-5,8-9,16-17,22H,6-7,10-14H2,1-2H3;1-5H,(H,8,9)/q+1;/p-1. The summed E-state index contributed by atoms with van der Waals surface area (Å²) in [5, 5.41) is 21.5. The number of hydrogen-bond donors (Lipinski definition) is 1. The second-order valence-electron chi connectivity index (χ2n) is 9.43. The van der Waals surface area contributed by atoms with Crippen LogP contribution in [0.5, 0.6) is 0 Å². The summed E-state index contributed by atoms with van der Waals surface area (Å²) in [6, 6.07) is 17.4. The summed E-state index contributed by atoms with van der Waals surface area (Å²) in [6.45, 7) is 1.83. The van der Waals surface area contributed by atoms with Crippen LogP contribution in [0.3, 0.4) is 0 Å². The second-order valence-corrected chi connectivity index (χ2v) is 9.43. The lowest BCUT2D eigenvalue weighted by Gasteiger charge is -2.33. The molecule has 2 aliphatic rings. The van der Waals surface area contributed by atoms with Crippen LogP contribution in [0.25, 0.3) is 0 Å². The van der Waals surface area contributed by atoms with E-state index in [0.29, 0.717) is 5.56 Å². The van der Waals surface area contributed by atoms with Gasteiger partial charge in [-0.15, -0.1) is 0 Å². The van der Waals surface area contributed by atoms with Gasteiger partial charge in [0.15, 0.2) is 11.7 Å². The molecule has 0 aromatic heterocycles. The number of likely N-dealkylation sites (N-methyl/N-ethyl adjacent to an activating group) is 1. The highest BCUT2D eigenvalue weighted by molar-refractivity contribution is 5.85. The van der Waals surface area contributed by atoms with E-state index in [0.717, 1.165) is 49.7 Å². The van der Waals surface area contributed by atoms with Gasteiger partial charge < -0.3 is 24.2 Å². The number of ether oxygens (including phenoxy) is 1. The van der Waals surface area contributed by atoms with Crippen molar-refractivity contribution >= 4 is 11.9 Å². The van der Waals surface area contributed by atoms with Crippen LogP contribution in [-0.4, -0.2) is 54.8 Å². The highest BCUT2D eigenvalue weighted by Gasteiger charge is 2.49. The van der Waals surface area contributed by atoms with E-state index in [9.17, 15) is 19.8 Å². The molecule has 172 valence electrons. The van der Waals surface area contributed by atoms with Crippen molar-refractivity contribution in [1.82, 2.24) is 0 Å². The smallest absolute Gasteiger partial charge is 0.343 e. The average molecular weight is 440 g/mol. The maximum atomic E-state index is 12.9. The molecule has 1 aliphatic carbocycles. The summed E-state index contributed by atoms with van der Waals surface area (Å²) in [4.78, 5) is 23.0. The highest BCUT2D eigenvalue weighted by atomic mass is 16.6. The zero-order valence-electron chi connectivity index (χ0n) is 18.9. The van der Waals surface area contributed by atoms with Crippen molar-refractivity contribution in [2.24, 2.45) is 5.92 Å². The Morgan fingerprint density at radius 1 is 0.969 bits per heavy atom. The fraction of sp³-hybridized carbons (Fsp3) is 0.462. The Bertz CT molecular complexity index is 893. The molecular formula is C26H33NO5. The zero-order valence-corrected chi connectivity index (χ0v) is 18.9. The fourth-order valence-corrected chi connectivity index (χ4v) is 4.70. The summed E-state index contributed by atoms with van der Waals surface area (Å²) in [5.74, 6) is -1.63. The molecule has 1 N–H and O–H groups in total. The molecule has 2 atom stereocenters. The highest BCUT2D eigenvalue weighted by Crippen LogP contribution is 2.42. The van der Waals surface area contributed by atoms with Crippen molar-refractivity contribution in [2.45, 2.75) is 43.8 Å². The monoisotopic (exact) mass is 439 g/mol. The number of benzene rings is 2. The molecule has 4 rings (SSSR count). The quantitative estimate of drug-likeness (QED) is 0.571. The lowest BCUT2D eigenvalue weighted by molar-refractivity contribution is -0.879. The summed E-state index contributed by atoms with van der Waals surface area (Å²) in [6.07, 6.45) is 4.68. The van der Waals surface area contributed by atoms with Gasteiger partial charge in [-0.05, 0) is 24.0 Å². The summed E-state index contributed by atoms with van der Waals surface area (Å²) < 4.78 is 6.64. The average Bonchev–Trinajstić information content (AvgIpc) is 3.45. The number of hydrogen-bond acceptors (Lipinski definition) is 5. The molecule has 0 bridgehead atoms. The Morgan fingerprint density at radius 3 is 2.00 bits per heavy atom. The Balaban J connectivity index is 0.000000269. The van der Waals surface area contributed by atoms with Crippen molar-refractivity contribution in [3.63, 3.8) is 0 Å². The first-order valence-electron chi connectivity index (χ1n) is 11.3. The molecule has 1 aliphatic heterocycles. The minimum Gasteiger partial charge on any atom is -0.545 e. The van der Waals surface area contributed by atoms with Gasteiger partial charge in [-0.1, -0.05) is 73.5 Å². The molecule has 2 aromatic rings. The number of carbonyl (C=O) groups excluding carboxylic acids is 2. The van der Waals surface area contributed by atoms with E-state index in [1.165, 1.54) is 12.1 Å². The molecule has 0 spiro atoms. The first-order chi connectivity index (χ1) is 15.2. The number of carbonyl (C=O) groups is 2. The third-order valence-electron chi connectivity index (χ3n) is 6.51. The lowest BCUT2D eigenvalue weighted by atomic mass is 9.80. The van der Waals surface area contributed by atoms with Crippen LogP contribution in [0.15, 0.2) is 60.7 Å². The van der Waals surface area contributed by atoms with Crippen molar-refractivity contribution in [3.8, 4) is 0 Å². The van der Waals surface area contributed by atoms with E-state index in [1.807, 2.05) is 30.3 Å². The molecule has 2 fully saturated rings. The summed E-state index contributed by atoms with van der Waals surface area (Å²) >= 11 is 0. The maximum Gasteiger partial charge on any atom is 0.343 e. The predicted molar refractivity (Wildman–Crippen MR) is 119 cm³/mol. The third-order valence-corrected chi connectivity index (χ3v) is 6.51. The summed E-state index contributed by atoms with van der Waals surface area (Å²) in [5.41, 5.74) is -0.613. The minimum atomic E-state index is -1.50. The number of carboxylic acids is 1. The minimum absolute atomic E-state index is 0.0405.